The van der Waals surface area contributed by atoms with Crippen molar-refractivity contribution in [3.05, 3.63) is 41.9 Å². The van der Waals surface area contributed by atoms with E-state index in [9.17, 15) is 0 Å². The number of nitrogens with one attached hydrogen (secondary N) is 2. The summed E-state index contributed by atoms with van der Waals surface area (Å²) in [6.45, 7) is 3.09. The summed E-state index contributed by atoms with van der Waals surface area (Å²) in [6.07, 6.45) is 3.09. The van der Waals surface area contributed by atoms with Crippen molar-refractivity contribution < 1.29 is 8.94 Å². The quantitative estimate of drug-likeness (QED) is 0.723. The lowest BCUT2D eigenvalue weighted by atomic mass is 10.2. The van der Waals surface area contributed by atoms with Crippen LogP contribution in [0.3, 0.4) is 0 Å². The zero-order valence-corrected chi connectivity index (χ0v) is 10.4. The molecule has 3 rings (SSSR count). The summed E-state index contributed by atoms with van der Waals surface area (Å²) in [5, 5.41) is 13.9. The van der Waals surface area contributed by atoms with Crippen LogP contribution in [0.15, 0.2) is 33.7 Å². The predicted molar refractivity (Wildman–Crippen MR) is 65.9 cm³/mol. The molecule has 0 atom stereocenters. The van der Waals surface area contributed by atoms with Crippen molar-refractivity contribution in [2.24, 2.45) is 0 Å². The summed E-state index contributed by atoms with van der Waals surface area (Å²) in [6, 6.07) is 3.85. The maximum Gasteiger partial charge on any atom is 0.213 e. The summed E-state index contributed by atoms with van der Waals surface area (Å²) < 4.78 is 10.2. The minimum Gasteiger partial charge on any atom is -0.460 e. The van der Waals surface area contributed by atoms with Gasteiger partial charge < -0.3 is 14.3 Å². The van der Waals surface area contributed by atoms with Gasteiger partial charge in [-0.05, 0) is 19.1 Å². The topological polar surface area (TPSA) is 92.8 Å². The molecule has 0 bridgehead atoms. The SMILES string of the molecule is Cc1ccc(-c2[nH]ncc2CNCc2ncon2)o1. The molecule has 3 heterocycles. The Hall–Kier alpha value is -2.41. The first kappa shape index (κ1) is 11.7. The van der Waals surface area contributed by atoms with Crippen LogP contribution < -0.4 is 5.32 Å². The molecule has 7 nitrogen and oxygen atoms in total. The van der Waals surface area contributed by atoms with Crippen LogP contribution in [0.4, 0.5) is 0 Å². The summed E-state index contributed by atoms with van der Waals surface area (Å²) in [5.41, 5.74) is 1.91. The van der Waals surface area contributed by atoms with Gasteiger partial charge in [-0.25, -0.2) is 0 Å². The molecule has 0 aliphatic carbocycles. The predicted octanol–water partition coefficient (Wildman–Crippen LogP) is 1.65. The molecule has 0 radical (unpaired) electrons. The Bertz CT molecular complexity index is 641. The first-order valence-electron chi connectivity index (χ1n) is 5.88. The summed E-state index contributed by atoms with van der Waals surface area (Å²) in [5.74, 6) is 2.28. The standard InChI is InChI=1S/C12H13N5O2/c1-8-2-3-10(19-8)12-9(5-15-16-12)4-13-6-11-14-7-18-17-11/h2-3,5,7,13H,4,6H2,1H3,(H,15,16). The Labute approximate surface area is 109 Å². The highest BCUT2D eigenvalue weighted by molar-refractivity contribution is 5.56. The third kappa shape index (κ3) is 2.55. The third-order valence-corrected chi connectivity index (χ3v) is 2.71. The molecule has 0 aromatic carbocycles. The second kappa shape index (κ2) is 5.07. The average molecular weight is 259 g/mol. The number of H-pyrrole nitrogens is 1. The minimum absolute atomic E-state index is 0.540. The fourth-order valence-corrected chi connectivity index (χ4v) is 1.81. The van der Waals surface area contributed by atoms with Gasteiger partial charge in [0.05, 0.1) is 12.7 Å². The van der Waals surface area contributed by atoms with E-state index in [-0.39, 0.29) is 0 Å². The molecule has 2 N–H and O–H groups in total. The van der Waals surface area contributed by atoms with E-state index >= 15 is 0 Å². The van der Waals surface area contributed by atoms with E-state index in [1.54, 1.807) is 6.20 Å². The van der Waals surface area contributed by atoms with Crippen LogP contribution in [0, 0.1) is 6.92 Å². The normalized spacial score (nSPS) is 11.0. The van der Waals surface area contributed by atoms with Gasteiger partial charge in [0.15, 0.2) is 11.6 Å². The molecule has 0 saturated carbocycles. The van der Waals surface area contributed by atoms with Gasteiger partial charge in [-0.1, -0.05) is 5.16 Å². The van der Waals surface area contributed by atoms with E-state index in [1.165, 1.54) is 6.39 Å². The lowest BCUT2D eigenvalue weighted by Crippen LogP contribution is -2.13. The summed E-state index contributed by atoms with van der Waals surface area (Å²) in [4.78, 5) is 3.94. The zero-order chi connectivity index (χ0) is 13.1. The van der Waals surface area contributed by atoms with Gasteiger partial charge in [-0.3, -0.25) is 5.10 Å². The minimum atomic E-state index is 0.540. The highest BCUT2D eigenvalue weighted by Gasteiger charge is 2.11. The molecular formula is C12H13N5O2. The van der Waals surface area contributed by atoms with Crippen LogP contribution in [0.5, 0.6) is 0 Å². The van der Waals surface area contributed by atoms with E-state index in [1.807, 2.05) is 19.1 Å². The van der Waals surface area contributed by atoms with Crippen molar-refractivity contribution in [3.8, 4) is 11.5 Å². The molecular weight excluding hydrogens is 246 g/mol. The molecule has 7 heteroatoms. The van der Waals surface area contributed by atoms with Gasteiger partial charge in [0.25, 0.3) is 0 Å². The Balaban J connectivity index is 1.67. The fourth-order valence-electron chi connectivity index (χ4n) is 1.81. The monoisotopic (exact) mass is 259 g/mol. The van der Waals surface area contributed by atoms with Gasteiger partial charge in [-0.15, -0.1) is 0 Å². The summed E-state index contributed by atoms with van der Waals surface area (Å²) >= 11 is 0. The molecule has 0 aliphatic rings. The Kier molecular flexibility index (Phi) is 3.11. The van der Waals surface area contributed by atoms with Crippen molar-refractivity contribution in [1.29, 1.82) is 0 Å². The maximum absolute atomic E-state index is 5.58. The Morgan fingerprint density at radius 3 is 3.00 bits per heavy atom. The van der Waals surface area contributed by atoms with Crippen molar-refractivity contribution in [3.63, 3.8) is 0 Å². The molecule has 0 fully saturated rings. The lowest BCUT2D eigenvalue weighted by Gasteiger charge is -2.01. The smallest absolute Gasteiger partial charge is 0.213 e. The van der Waals surface area contributed by atoms with Crippen molar-refractivity contribution in [2.45, 2.75) is 20.0 Å². The number of rotatable bonds is 5. The average Bonchev–Trinajstić information content (AvgIpc) is 3.10. The number of hydrogen-bond acceptors (Lipinski definition) is 6. The number of aromatic nitrogens is 4. The molecule has 0 unspecified atom stereocenters. The Morgan fingerprint density at radius 1 is 1.32 bits per heavy atom. The van der Waals surface area contributed by atoms with Crippen molar-refractivity contribution in [1.82, 2.24) is 25.7 Å². The number of aryl methyl sites for hydroxylation is 1. The molecule has 0 saturated heterocycles. The van der Waals surface area contributed by atoms with Crippen molar-refractivity contribution in [2.75, 3.05) is 0 Å². The number of furan rings is 1. The third-order valence-electron chi connectivity index (χ3n) is 2.71. The maximum atomic E-state index is 5.58. The Morgan fingerprint density at radius 2 is 2.26 bits per heavy atom. The first-order chi connectivity index (χ1) is 9.33. The first-order valence-corrected chi connectivity index (χ1v) is 5.88. The molecule has 3 aromatic rings. The van der Waals surface area contributed by atoms with Gasteiger partial charge in [0, 0.05) is 12.1 Å². The van der Waals surface area contributed by atoms with Crippen LogP contribution in [-0.2, 0) is 13.1 Å². The second-order valence-corrected chi connectivity index (χ2v) is 4.13. The number of hydrogen-bond donors (Lipinski definition) is 2. The van der Waals surface area contributed by atoms with Gasteiger partial charge in [0.2, 0.25) is 6.39 Å². The second-order valence-electron chi connectivity index (χ2n) is 4.13. The molecule has 0 amide bonds. The molecule has 98 valence electrons. The number of nitrogens with zero attached hydrogens (tertiary/aromatic N) is 3. The van der Waals surface area contributed by atoms with Gasteiger partial charge >= 0.3 is 0 Å². The molecule has 0 aliphatic heterocycles. The highest BCUT2D eigenvalue weighted by atomic mass is 16.5. The van der Waals surface area contributed by atoms with E-state index in [0.717, 1.165) is 22.8 Å². The largest absolute Gasteiger partial charge is 0.460 e. The zero-order valence-electron chi connectivity index (χ0n) is 10.4. The summed E-state index contributed by atoms with van der Waals surface area (Å²) in [7, 11) is 0. The lowest BCUT2D eigenvalue weighted by molar-refractivity contribution is 0.407. The van der Waals surface area contributed by atoms with Crippen LogP contribution in [0.2, 0.25) is 0 Å². The van der Waals surface area contributed by atoms with Gasteiger partial charge in [-0.2, -0.15) is 10.1 Å². The fraction of sp³-hybridized carbons (Fsp3) is 0.250. The molecule has 3 aromatic heterocycles. The van der Waals surface area contributed by atoms with Crippen LogP contribution in [-0.4, -0.2) is 20.3 Å². The highest BCUT2D eigenvalue weighted by Crippen LogP contribution is 2.23. The van der Waals surface area contributed by atoms with Crippen LogP contribution >= 0.6 is 0 Å². The number of aromatic amines is 1. The van der Waals surface area contributed by atoms with Crippen LogP contribution in [0.25, 0.3) is 11.5 Å². The molecule has 19 heavy (non-hydrogen) atoms. The van der Waals surface area contributed by atoms with E-state index in [2.05, 4.69) is 30.2 Å². The van der Waals surface area contributed by atoms with Crippen LogP contribution in [0.1, 0.15) is 17.1 Å². The molecule has 0 spiro atoms. The van der Waals surface area contributed by atoms with E-state index < -0.39 is 0 Å². The van der Waals surface area contributed by atoms with Gasteiger partial charge in [0.1, 0.15) is 11.5 Å². The van der Waals surface area contributed by atoms with E-state index in [0.29, 0.717) is 18.9 Å². The van der Waals surface area contributed by atoms with E-state index in [4.69, 9.17) is 4.42 Å². The van der Waals surface area contributed by atoms with Crippen molar-refractivity contribution >= 4 is 0 Å².